The van der Waals surface area contributed by atoms with Gasteiger partial charge in [-0.1, -0.05) is 26.0 Å². The van der Waals surface area contributed by atoms with Crippen molar-refractivity contribution in [3.63, 3.8) is 0 Å². The maximum absolute atomic E-state index is 12.7. The van der Waals surface area contributed by atoms with Crippen LogP contribution in [0.5, 0.6) is 0 Å². The number of alkyl halides is 3. The molecule has 5 nitrogen and oxygen atoms in total. The van der Waals surface area contributed by atoms with Crippen molar-refractivity contribution in [3.8, 4) is 0 Å². The van der Waals surface area contributed by atoms with Crippen LogP contribution >= 0.6 is 15.9 Å². The number of carbonyl (C=O) groups excluding carboxylic acids is 1. The Morgan fingerprint density at radius 1 is 1.07 bits per heavy atom. The minimum Gasteiger partial charge on any atom is -0.348 e. The van der Waals surface area contributed by atoms with Crippen LogP contribution in [0.15, 0.2) is 51.8 Å². The van der Waals surface area contributed by atoms with E-state index >= 15 is 0 Å². The molecule has 2 aromatic carbocycles. The molecule has 1 N–H and O–H groups in total. The highest BCUT2D eigenvalue weighted by Gasteiger charge is 2.30. The van der Waals surface area contributed by atoms with Crippen molar-refractivity contribution in [2.45, 2.75) is 31.5 Å². The Morgan fingerprint density at radius 3 is 2.17 bits per heavy atom. The van der Waals surface area contributed by atoms with E-state index in [2.05, 4.69) is 21.2 Å². The molecule has 29 heavy (non-hydrogen) atoms. The molecule has 2 rings (SSSR count). The number of carbonyl (C=O) groups is 1. The zero-order valence-corrected chi connectivity index (χ0v) is 18.2. The van der Waals surface area contributed by atoms with Crippen LogP contribution in [0.3, 0.4) is 0 Å². The van der Waals surface area contributed by atoms with E-state index in [1.54, 1.807) is 13.8 Å². The van der Waals surface area contributed by atoms with E-state index in [-0.39, 0.29) is 17.0 Å². The van der Waals surface area contributed by atoms with Crippen molar-refractivity contribution in [2.24, 2.45) is 0 Å². The fourth-order valence-corrected chi connectivity index (χ4v) is 4.55. The third-order valence-corrected chi connectivity index (χ3v) is 7.00. The molecular formula is C19H20BrF3N2O3S. The molecule has 158 valence electrons. The fraction of sp³-hybridized carbons (Fsp3) is 0.316. The molecule has 0 aliphatic heterocycles. The number of halogens is 4. The Hall–Kier alpha value is -1.91. The SMILES string of the molecule is CCN(CC)S(=O)(=O)c1ccc(Br)c(C(=O)NCc2ccc(C(F)(F)F)cc2)c1. The highest BCUT2D eigenvalue weighted by molar-refractivity contribution is 9.10. The summed E-state index contributed by atoms with van der Waals surface area (Å²) in [4.78, 5) is 12.5. The van der Waals surface area contributed by atoms with Crippen molar-refractivity contribution in [1.29, 1.82) is 0 Å². The number of nitrogens with zero attached hydrogens (tertiary/aromatic N) is 1. The maximum atomic E-state index is 12.7. The second-order valence-electron chi connectivity index (χ2n) is 6.11. The smallest absolute Gasteiger partial charge is 0.348 e. The molecule has 1 amide bonds. The molecule has 0 radical (unpaired) electrons. The van der Waals surface area contributed by atoms with Gasteiger partial charge in [0.05, 0.1) is 16.0 Å². The summed E-state index contributed by atoms with van der Waals surface area (Å²) in [6, 6.07) is 8.59. The topological polar surface area (TPSA) is 66.5 Å². The third-order valence-electron chi connectivity index (χ3n) is 4.26. The Morgan fingerprint density at radius 2 is 1.66 bits per heavy atom. The second-order valence-corrected chi connectivity index (χ2v) is 8.90. The van der Waals surface area contributed by atoms with E-state index in [0.717, 1.165) is 12.1 Å². The Labute approximate surface area is 176 Å². The lowest BCUT2D eigenvalue weighted by atomic mass is 10.1. The quantitative estimate of drug-likeness (QED) is 0.621. The zero-order chi connectivity index (χ0) is 21.8. The van der Waals surface area contributed by atoms with Crippen LogP contribution in [0.1, 0.15) is 35.3 Å². The monoisotopic (exact) mass is 492 g/mol. The third kappa shape index (κ3) is 5.58. The van der Waals surface area contributed by atoms with Gasteiger partial charge in [-0.2, -0.15) is 17.5 Å². The van der Waals surface area contributed by atoms with E-state index in [1.807, 2.05) is 0 Å². The second kappa shape index (κ2) is 9.27. The lowest BCUT2D eigenvalue weighted by Gasteiger charge is -2.19. The summed E-state index contributed by atoms with van der Waals surface area (Å²) in [6.45, 7) is 4.03. The summed E-state index contributed by atoms with van der Waals surface area (Å²) in [7, 11) is -3.73. The molecule has 0 spiro atoms. The van der Waals surface area contributed by atoms with Gasteiger partial charge >= 0.3 is 6.18 Å². The van der Waals surface area contributed by atoms with Crippen molar-refractivity contribution in [1.82, 2.24) is 9.62 Å². The average Bonchev–Trinajstić information content (AvgIpc) is 2.66. The zero-order valence-electron chi connectivity index (χ0n) is 15.8. The van der Waals surface area contributed by atoms with Gasteiger partial charge in [0, 0.05) is 24.1 Å². The molecule has 0 atom stereocenters. The van der Waals surface area contributed by atoms with Gasteiger partial charge < -0.3 is 5.32 Å². The lowest BCUT2D eigenvalue weighted by Crippen LogP contribution is -2.31. The highest BCUT2D eigenvalue weighted by atomic mass is 79.9. The number of rotatable bonds is 7. The van der Waals surface area contributed by atoms with Crippen LogP contribution in [0, 0.1) is 0 Å². The summed E-state index contributed by atoms with van der Waals surface area (Å²) in [5.74, 6) is -0.548. The number of benzene rings is 2. The highest BCUT2D eigenvalue weighted by Crippen LogP contribution is 2.29. The molecule has 0 saturated carbocycles. The summed E-state index contributed by atoms with van der Waals surface area (Å²) < 4.78 is 64.8. The first-order chi connectivity index (χ1) is 13.5. The van der Waals surface area contributed by atoms with Crippen LogP contribution in [-0.4, -0.2) is 31.7 Å². The van der Waals surface area contributed by atoms with Crippen molar-refractivity contribution in [3.05, 3.63) is 63.6 Å². The molecule has 0 aliphatic rings. The summed E-state index contributed by atoms with van der Waals surface area (Å²) >= 11 is 3.23. The van der Waals surface area contributed by atoms with Gasteiger partial charge in [-0.25, -0.2) is 8.42 Å². The average molecular weight is 493 g/mol. The number of amides is 1. The molecule has 0 aliphatic carbocycles. The number of hydrogen-bond acceptors (Lipinski definition) is 3. The van der Waals surface area contributed by atoms with Gasteiger partial charge in [-0.3, -0.25) is 4.79 Å². The van der Waals surface area contributed by atoms with Crippen molar-refractivity contribution in [2.75, 3.05) is 13.1 Å². The molecule has 0 fully saturated rings. The van der Waals surface area contributed by atoms with Gasteiger partial charge in [0.1, 0.15) is 0 Å². The van der Waals surface area contributed by atoms with E-state index < -0.39 is 27.7 Å². The van der Waals surface area contributed by atoms with Crippen LogP contribution in [-0.2, 0) is 22.7 Å². The molecule has 0 aromatic heterocycles. The largest absolute Gasteiger partial charge is 0.416 e. The molecule has 0 heterocycles. The van der Waals surface area contributed by atoms with Crippen LogP contribution in [0.25, 0.3) is 0 Å². The molecule has 0 saturated heterocycles. The Kier molecular flexibility index (Phi) is 7.47. The summed E-state index contributed by atoms with van der Waals surface area (Å²) in [5, 5.41) is 2.59. The van der Waals surface area contributed by atoms with E-state index in [0.29, 0.717) is 23.1 Å². The predicted octanol–water partition coefficient (Wildman–Crippen LogP) is 4.43. The summed E-state index contributed by atoms with van der Waals surface area (Å²) in [6.07, 6.45) is -4.43. The molecule has 0 unspecified atom stereocenters. The Balaban J connectivity index is 2.19. The maximum Gasteiger partial charge on any atom is 0.416 e. The fourth-order valence-electron chi connectivity index (χ4n) is 2.64. The van der Waals surface area contributed by atoms with E-state index in [1.165, 1.54) is 34.6 Å². The minimum atomic E-state index is -4.43. The number of sulfonamides is 1. The van der Waals surface area contributed by atoms with Crippen molar-refractivity contribution >= 4 is 31.9 Å². The molecule has 2 aromatic rings. The van der Waals surface area contributed by atoms with Gasteiger partial charge in [-0.15, -0.1) is 0 Å². The molecule has 0 bridgehead atoms. The number of hydrogen-bond donors (Lipinski definition) is 1. The van der Waals surface area contributed by atoms with E-state index in [4.69, 9.17) is 0 Å². The van der Waals surface area contributed by atoms with Crippen molar-refractivity contribution < 1.29 is 26.4 Å². The minimum absolute atomic E-state index is 0.00354. The van der Waals surface area contributed by atoms with Crippen LogP contribution < -0.4 is 5.32 Å². The standard InChI is InChI=1S/C19H20BrF3N2O3S/c1-3-25(4-2)29(27,28)15-9-10-17(20)16(11-15)18(26)24-12-13-5-7-14(8-6-13)19(21,22)23/h5-11H,3-4,12H2,1-2H3,(H,24,26). The normalized spacial score (nSPS) is 12.2. The first-order valence-corrected chi connectivity index (χ1v) is 11.0. The van der Waals surface area contributed by atoms with Crippen LogP contribution in [0.4, 0.5) is 13.2 Å². The van der Waals surface area contributed by atoms with Gasteiger partial charge in [0.15, 0.2) is 0 Å². The van der Waals surface area contributed by atoms with E-state index in [9.17, 15) is 26.4 Å². The molecule has 10 heteroatoms. The Bertz CT molecular complexity index is 973. The first-order valence-electron chi connectivity index (χ1n) is 8.74. The lowest BCUT2D eigenvalue weighted by molar-refractivity contribution is -0.137. The van der Waals surface area contributed by atoms with Gasteiger partial charge in [0.2, 0.25) is 10.0 Å². The predicted molar refractivity (Wildman–Crippen MR) is 107 cm³/mol. The summed E-state index contributed by atoms with van der Waals surface area (Å²) in [5.41, 5.74) is -0.177. The van der Waals surface area contributed by atoms with Crippen LogP contribution in [0.2, 0.25) is 0 Å². The van der Waals surface area contributed by atoms with Gasteiger partial charge in [0.25, 0.3) is 5.91 Å². The first kappa shape index (κ1) is 23.4. The van der Waals surface area contributed by atoms with Gasteiger partial charge in [-0.05, 0) is 51.8 Å². The number of nitrogens with one attached hydrogen (secondary N) is 1. The molecular weight excluding hydrogens is 473 g/mol.